The Bertz CT molecular complexity index is 996. The molecular weight excluding hydrogens is 357 g/mol. The highest BCUT2D eigenvalue weighted by atomic mass is 19.4. The van der Waals surface area contributed by atoms with E-state index in [1.54, 1.807) is 17.2 Å². The van der Waals surface area contributed by atoms with Gasteiger partial charge in [0.15, 0.2) is 0 Å². The molecule has 1 N–H and O–H groups in total. The molecule has 0 bridgehead atoms. The third-order valence-electron chi connectivity index (χ3n) is 5.28. The molecular formula is C19H17F3N4O. The number of rotatable bonds is 2. The molecule has 1 amide bonds. The molecule has 1 atom stereocenters. The van der Waals surface area contributed by atoms with Gasteiger partial charge in [0.25, 0.3) is 5.91 Å². The number of alkyl halides is 3. The van der Waals surface area contributed by atoms with Gasteiger partial charge < -0.3 is 9.88 Å². The fraction of sp³-hybridized carbons (Fsp3) is 0.316. The number of carbonyl (C=O) groups excluding carboxylic acids is 1. The molecule has 1 aliphatic heterocycles. The van der Waals surface area contributed by atoms with Gasteiger partial charge in [-0.15, -0.1) is 0 Å². The number of nitrogens with one attached hydrogen (secondary N) is 1. The maximum atomic E-state index is 13.2. The number of likely N-dealkylation sites (tertiary alicyclic amines) is 1. The van der Waals surface area contributed by atoms with Crippen molar-refractivity contribution >= 4 is 16.9 Å². The van der Waals surface area contributed by atoms with E-state index >= 15 is 0 Å². The number of hydrogen-bond acceptors (Lipinski definition) is 3. The van der Waals surface area contributed by atoms with Crippen molar-refractivity contribution < 1.29 is 18.0 Å². The highest BCUT2D eigenvalue weighted by Gasteiger charge is 2.42. The standard InChI is InChI=1S/C19H17F3N4O/c1-18(12-3-5-13(6-4-12)19(20,21)22)8-2-10-26(18)17(27)15-14-7-9-23-16(14)25-11-24-15/h3-7,9,11H,2,8,10H2,1H3,(H,23,24,25). The number of amides is 1. The van der Waals surface area contributed by atoms with Crippen molar-refractivity contribution in [3.8, 4) is 0 Å². The Morgan fingerprint density at radius 1 is 1.19 bits per heavy atom. The van der Waals surface area contributed by atoms with Gasteiger partial charge in [-0.3, -0.25) is 4.79 Å². The summed E-state index contributed by atoms with van der Waals surface area (Å²) in [6, 6.07) is 6.79. The number of carbonyl (C=O) groups is 1. The van der Waals surface area contributed by atoms with Gasteiger partial charge in [0.2, 0.25) is 0 Å². The van der Waals surface area contributed by atoms with Gasteiger partial charge in [-0.1, -0.05) is 12.1 Å². The summed E-state index contributed by atoms with van der Waals surface area (Å²) in [5, 5.41) is 0.629. The van der Waals surface area contributed by atoms with Crippen LogP contribution >= 0.6 is 0 Å². The summed E-state index contributed by atoms with van der Waals surface area (Å²) in [7, 11) is 0. The zero-order valence-corrected chi connectivity index (χ0v) is 14.5. The molecule has 0 aliphatic carbocycles. The lowest BCUT2D eigenvalue weighted by Crippen LogP contribution is -2.43. The Balaban J connectivity index is 1.71. The summed E-state index contributed by atoms with van der Waals surface area (Å²) in [5.74, 6) is -0.248. The largest absolute Gasteiger partial charge is 0.416 e. The van der Waals surface area contributed by atoms with Crippen LogP contribution in [-0.4, -0.2) is 32.3 Å². The monoisotopic (exact) mass is 374 g/mol. The lowest BCUT2D eigenvalue weighted by molar-refractivity contribution is -0.137. The first-order valence-corrected chi connectivity index (χ1v) is 8.58. The molecule has 2 aromatic heterocycles. The molecule has 4 rings (SSSR count). The molecule has 3 aromatic rings. The van der Waals surface area contributed by atoms with Crippen LogP contribution in [0.2, 0.25) is 0 Å². The van der Waals surface area contributed by atoms with Gasteiger partial charge in [0, 0.05) is 12.7 Å². The van der Waals surface area contributed by atoms with E-state index in [1.165, 1.54) is 18.5 Å². The molecule has 1 saturated heterocycles. The van der Waals surface area contributed by atoms with Crippen LogP contribution in [-0.2, 0) is 11.7 Å². The van der Waals surface area contributed by atoms with E-state index in [4.69, 9.17) is 0 Å². The molecule has 0 spiro atoms. The second-order valence-electron chi connectivity index (χ2n) is 6.87. The van der Waals surface area contributed by atoms with Crippen molar-refractivity contribution in [2.75, 3.05) is 6.54 Å². The molecule has 0 saturated carbocycles. The zero-order chi connectivity index (χ0) is 19.2. The Kier molecular flexibility index (Phi) is 3.94. The summed E-state index contributed by atoms with van der Waals surface area (Å²) in [6.45, 7) is 2.41. The first-order chi connectivity index (χ1) is 12.8. The first-order valence-electron chi connectivity index (χ1n) is 8.58. The number of halogens is 3. The number of benzene rings is 1. The van der Waals surface area contributed by atoms with E-state index in [1.807, 2.05) is 6.92 Å². The van der Waals surface area contributed by atoms with Crippen LogP contribution < -0.4 is 0 Å². The predicted octanol–water partition coefficient (Wildman–Crippen LogP) is 4.13. The topological polar surface area (TPSA) is 61.9 Å². The molecule has 8 heteroatoms. The average Bonchev–Trinajstić information content (AvgIpc) is 3.27. The van der Waals surface area contributed by atoms with Gasteiger partial charge in [-0.25, -0.2) is 9.97 Å². The first kappa shape index (κ1) is 17.5. The van der Waals surface area contributed by atoms with Gasteiger partial charge in [-0.05, 0) is 43.5 Å². The van der Waals surface area contributed by atoms with E-state index in [2.05, 4.69) is 15.0 Å². The van der Waals surface area contributed by atoms with Crippen LogP contribution in [0.3, 0.4) is 0 Å². The van der Waals surface area contributed by atoms with Gasteiger partial charge >= 0.3 is 6.18 Å². The van der Waals surface area contributed by atoms with Crippen molar-refractivity contribution in [1.82, 2.24) is 19.9 Å². The Morgan fingerprint density at radius 2 is 1.93 bits per heavy atom. The number of aromatic amines is 1. The summed E-state index contributed by atoms with van der Waals surface area (Å²) in [6.07, 6.45) is 0.0777. The Labute approximate surface area is 153 Å². The molecule has 1 fully saturated rings. The second-order valence-corrected chi connectivity index (χ2v) is 6.87. The summed E-state index contributed by atoms with van der Waals surface area (Å²) in [5.41, 5.74) is 0.163. The van der Waals surface area contributed by atoms with Crippen molar-refractivity contribution in [2.24, 2.45) is 0 Å². The van der Waals surface area contributed by atoms with Crippen LogP contribution in [0.4, 0.5) is 13.2 Å². The molecule has 1 aliphatic rings. The van der Waals surface area contributed by atoms with Crippen LogP contribution in [0, 0.1) is 0 Å². The van der Waals surface area contributed by atoms with E-state index in [9.17, 15) is 18.0 Å². The zero-order valence-electron chi connectivity index (χ0n) is 14.5. The molecule has 1 aromatic carbocycles. The van der Waals surface area contributed by atoms with Crippen molar-refractivity contribution in [1.29, 1.82) is 0 Å². The number of hydrogen-bond donors (Lipinski definition) is 1. The summed E-state index contributed by atoms with van der Waals surface area (Å²) < 4.78 is 38.6. The van der Waals surface area contributed by atoms with Crippen LogP contribution in [0.25, 0.3) is 11.0 Å². The van der Waals surface area contributed by atoms with Crippen LogP contribution in [0.15, 0.2) is 42.9 Å². The smallest absolute Gasteiger partial charge is 0.346 e. The average molecular weight is 374 g/mol. The quantitative estimate of drug-likeness (QED) is 0.734. The third-order valence-corrected chi connectivity index (χ3v) is 5.28. The van der Waals surface area contributed by atoms with Crippen LogP contribution in [0.5, 0.6) is 0 Å². The van der Waals surface area contributed by atoms with Crippen molar-refractivity contribution in [3.05, 3.63) is 59.7 Å². The maximum Gasteiger partial charge on any atom is 0.416 e. The molecule has 1 unspecified atom stereocenters. The highest BCUT2D eigenvalue weighted by molar-refractivity contribution is 6.04. The normalized spacial score (nSPS) is 20.4. The molecule has 27 heavy (non-hydrogen) atoms. The lowest BCUT2D eigenvalue weighted by Gasteiger charge is -2.36. The number of aromatic nitrogens is 3. The second kappa shape index (κ2) is 6.07. The lowest BCUT2D eigenvalue weighted by atomic mass is 9.88. The Hall–Kier alpha value is -2.90. The van der Waals surface area contributed by atoms with Gasteiger partial charge in [0.1, 0.15) is 17.7 Å². The summed E-state index contributed by atoms with van der Waals surface area (Å²) >= 11 is 0. The molecule has 5 nitrogen and oxygen atoms in total. The number of nitrogens with zero attached hydrogens (tertiary/aromatic N) is 3. The Morgan fingerprint density at radius 3 is 2.63 bits per heavy atom. The number of H-pyrrole nitrogens is 1. The van der Waals surface area contributed by atoms with E-state index in [0.29, 0.717) is 35.3 Å². The van der Waals surface area contributed by atoms with E-state index in [0.717, 1.165) is 18.6 Å². The fourth-order valence-corrected chi connectivity index (χ4v) is 3.78. The fourth-order valence-electron chi connectivity index (χ4n) is 3.78. The van der Waals surface area contributed by atoms with Crippen molar-refractivity contribution in [3.63, 3.8) is 0 Å². The molecule has 0 radical (unpaired) electrons. The highest BCUT2D eigenvalue weighted by Crippen LogP contribution is 2.40. The number of fused-ring (bicyclic) bond motifs is 1. The maximum absolute atomic E-state index is 13.2. The minimum absolute atomic E-state index is 0.248. The summed E-state index contributed by atoms with van der Waals surface area (Å²) in [4.78, 5) is 26.1. The van der Waals surface area contributed by atoms with E-state index < -0.39 is 17.3 Å². The third kappa shape index (κ3) is 2.85. The minimum Gasteiger partial charge on any atom is -0.346 e. The van der Waals surface area contributed by atoms with Crippen molar-refractivity contribution in [2.45, 2.75) is 31.5 Å². The van der Waals surface area contributed by atoms with Gasteiger partial charge in [-0.2, -0.15) is 13.2 Å². The molecule has 140 valence electrons. The molecule has 3 heterocycles. The SMILES string of the molecule is CC1(c2ccc(C(F)(F)F)cc2)CCCN1C(=O)c1ncnc2[nH]ccc12. The van der Waals surface area contributed by atoms with Gasteiger partial charge in [0.05, 0.1) is 16.5 Å². The minimum atomic E-state index is -4.38. The van der Waals surface area contributed by atoms with Crippen LogP contribution in [0.1, 0.15) is 41.4 Å². The van der Waals surface area contributed by atoms with E-state index in [-0.39, 0.29) is 5.91 Å². The predicted molar refractivity (Wildman–Crippen MR) is 93.0 cm³/mol.